The third-order valence-corrected chi connectivity index (χ3v) is 7.28. The molecular weight excluding hydrogens is 420 g/mol. The van der Waals surface area contributed by atoms with Crippen LogP contribution in [0.4, 0.5) is 5.69 Å². The third kappa shape index (κ3) is 4.60. The Kier molecular flexibility index (Phi) is 6.18. The number of benzene rings is 2. The quantitative estimate of drug-likeness (QED) is 0.211. The van der Waals surface area contributed by atoms with Crippen molar-refractivity contribution in [3.63, 3.8) is 0 Å². The highest BCUT2D eigenvalue weighted by Crippen LogP contribution is 2.25. The maximum absolute atomic E-state index is 6.64. The van der Waals surface area contributed by atoms with Crippen LogP contribution >= 0.6 is 0 Å². The molecular formula is C28H35N6+3. The molecule has 0 saturated carbocycles. The van der Waals surface area contributed by atoms with Gasteiger partial charge in [-0.25, -0.2) is 0 Å². The zero-order valence-electron chi connectivity index (χ0n) is 20.1. The Hall–Kier alpha value is -3.48. The topological polar surface area (TPSA) is 89.2 Å². The lowest BCUT2D eigenvalue weighted by Crippen LogP contribution is -3.17. The molecule has 0 aliphatic carbocycles. The van der Waals surface area contributed by atoms with Crippen molar-refractivity contribution in [2.45, 2.75) is 25.4 Å². The van der Waals surface area contributed by atoms with E-state index in [-0.39, 0.29) is 0 Å². The van der Waals surface area contributed by atoms with E-state index in [1.165, 1.54) is 36.9 Å². The summed E-state index contributed by atoms with van der Waals surface area (Å²) >= 11 is 0. The van der Waals surface area contributed by atoms with E-state index in [1.807, 2.05) is 36.5 Å². The molecule has 34 heavy (non-hydrogen) atoms. The number of nitrogens with one attached hydrogen (secondary N) is 3. The van der Waals surface area contributed by atoms with Gasteiger partial charge in [0.05, 0.1) is 38.8 Å². The van der Waals surface area contributed by atoms with E-state index in [1.54, 1.807) is 16.0 Å². The molecule has 0 atom stereocenters. The van der Waals surface area contributed by atoms with Crippen LogP contribution in [0, 0.1) is 0 Å². The molecule has 1 fully saturated rings. The minimum absolute atomic E-state index is 0.653. The SMILES string of the molecule is C[NH+](C)C1CC[NH+](Cc2ccc3[nH]c(C(=[NH2+])c4cc(-c5cccnc5)ccc4N)cc3c2)CC1. The number of H-pyrrole nitrogens is 1. The van der Waals surface area contributed by atoms with Crippen LogP contribution in [-0.4, -0.2) is 48.9 Å². The molecule has 5 rings (SSSR count). The van der Waals surface area contributed by atoms with Crippen LogP contribution in [0.2, 0.25) is 0 Å². The summed E-state index contributed by atoms with van der Waals surface area (Å²) in [6.45, 7) is 3.57. The predicted octanol–water partition coefficient (Wildman–Crippen LogP) is 0.100. The Balaban J connectivity index is 1.35. The molecule has 2 aromatic carbocycles. The summed E-state index contributed by atoms with van der Waals surface area (Å²) < 4.78 is 0. The van der Waals surface area contributed by atoms with Crippen molar-refractivity contribution in [3.05, 3.63) is 83.8 Å². The number of nitrogens with zero attached hydrogens (tertiary/aromatic N) is 1. The van der Waals surface area contributed by atoms with E-state index in [0.717, 1.165) is 40.5 Å². The summed E-state index contributed by atoms with van der Waals surface area (Å²) in [4.78, 5) is 11.0. The highest BCUT2D eigenvalue weighted by atomic mass is 15.2. The fraction of sp³-hybridized carbons (Fsp3) is 0.286. The molecule has 0 radical (unpaired) electrons. The monoisotopic (exact) mass is 455 g/mol. The van der Waals surface area contributed by atoms with Crippen molar-refractivity contribution < 1.29 is 15.2 Å². The number of quaternary nitrogens is 2. The highest BCUT2D eigenvalue weighted by Gasteiger charge is 2.26. The van der Waals surface area contributed by atoms with Crippen molar-refractivity contribution in [1.82, 2.24) is 9.97 Å². The van der Waals surface area contributed by atoms with Crippen LogP contribution in [0.3, 0.4) is 0 Å². The number of anilines is 1. The van der Waals surface area contributed by atoms with Gasteiger partial charge in [-0.05, 0) is 42.0 Å². The zero-order chi connectivity index (χ0) is 23.7. The Bertz CT molecular complexity index is 1300. The van der Waals surface area contributed by atoms with Crippen molar-refractivity contribution in [1.29, 1.82) is 0 Å². The number of hydrogen-bond donors (Lipinski definition) is 5. The summed E-state index contributed by atoms with van der Waals surface area (Å²) in [5, 5.41) is 7.82. The summed E-state index contributed by atoms with van der Waals surface area (Å²) in [5.41, 5.74) is 13.9. The first kappa shape index (κ1) is 22.3. The zero-order valence-corrected chi connectivity index (χ0v) is 20.1. The van der Waals surface area contributed by atoms with E-state index in [2.05, 4.69) is 48.3 Å². The molecule has 0 amide bonds. The molecule has 1 aliphatic rings. The lowest BCUT2D eigenvalue weighted by Gasteiger charge is -2.30. The number of nitrogens with two attached hydrogens (primary N) is 2. The Morgan fingerprint density at radius 1 is 1.09 bits per heavy atom. The van der Waals surface area contributed by atoms with Crippen LogP contribution in [0.15, 0.2) is 67.0 Å². The van der Waals surface area contributed by atoms with Gasteiger partial charge in [-0.3, -0.25) is 10.4 Å². The standard InChI is InChI=1S/C28H32N6/c1-33(2)23-9-12-34(13-10-23)18-19-5-8-26-22(14-19)16-27(32-26)28(30)24-15-20(6-7-25(24)29)21-4-3-11-31-17-21/h3-8,11,14-17,23,30,32H,9-10,12-13,18,29H2,1-2H3/p+3. The fourth-order valence-corrected chi connectivity index (χ4v) is 5.15. The smallest absolute Gasteiger partial charge is 0.229 e. The van der Waals surface area contributed by atoms with Crippen LogP contribution in [0.5, 0.6) is 0 Å². The Morgan fingerprint density at radius 3 is 2.65 bits per heavy atom. The fourth-order valence-electron chi connectivity index (χ4n) is 5.15. The molecule has 1 aliphatic heterocycles. The van der Waals surface area contributed by atoms with Crippen molar-refractivity contribution in [2.24, 2.45) is 0 Å². The first-order chi connectivity index (χ1) is 16.5. The van der Waals surface area contributed by atoms with Gasteiger partial charge in [0.2, 0.25) is 5.71 Å². The van der Waals surface area contributed by atoms with Crippen LogP contribution < -0.4 is 20.9 Å². The number of likely N-dealkylation sites (tertiary alicyclic amines) is 1. The van der Waals surface area contributed by atoms with Crippen molar-refractivity contribution in [3.8, 4) is 11.1 Å². The molecule has 3 heterocycles. The lowest BCUT2D eigenvalue weighted by atomic mass is 9.99. The van der Waals surface area contributed by atoms with Crippen molar-refractivity contribution in [2.75, 3.05) is 32.9 Å². The summed E-state index contributed by atoms with van der Waals surface area (Å²) in [6, 6.07) is 19.6. The normalized spacial score (nSPS) is 18.4. The maximum Gasteiger partial charge on any atom is 0.229 e. The summed E-state index contributed by atoms with van der Waals surface area (Å²) in [5.74, 6) is 0. The third-order valence-electron chi connectivity index (χ3n) is 7.28. The highest BCUT2D eigenvalue weighted by molar-refractivity contribution is 6.13. The first-order valence-corrected chi connectivity index (χ1v) is 12.2. The number of aromatic nitrogens is 2. The van der Waals surface area contributed by atoms with E-state index in [9.17, 15) is 0 Å². The van der Waals surface area contributed by atoms with Gasteiger partial charge in [-0.15, -0.1) is 0 Å². The van der Waals surface area contributed by atoms with Gasteiger partial charge in [0, 0.05) is 53.0 Å². The second kappa shape index (κ2) is 9.41. The van der Waals surface area contributed by atoms with Gasteiger partial charge in [-0.2, -0.15) is 0 Å². The second-order valence-corrected chi connectivity index (χ2v) is 9.84. The Morgan fingerprint density at radius 2 is 1.91 bits per heavy atom. The first-order valence-electron chi connectivity index (χ1n) is 12.2. The molecule has 174 valence electrons. The number of rotatable bonds is 6. The summed E-state index contributed by atoms with van der Waals surface area (Å²) in [7, 11) is 4.55. The largest absolute Gasteiger partial charge is 0.398 e. The number of nitrogen functional groups attached to an aromatic ring is 1. The number of hydrogen-bond acceptors (Lipinski definition) is 2. The number of pyridine rings is 1. The molecule has 0 bridgehead atoms. The lowest BCUT2D eigenvalue weighted by molar-refractivity contribution is -0.947. The minimum atomic E-state index is 0.653. The van der Waals surface area contributed by atoms with E-state index in [4.69, 9.17) is 11.1 Å². The van der Waals surface area contributed by atoms with Gasteiger partial charge in [0.25, 0.3) is 0 Å². The maximum atomic E-state index is 6.64. The van der Waals surface area contributed by atoms with Gasteiger partial charge in [0.15, 0.2) is 0 Å². The van der Waals surface area contributed by atoms with Crippen LogP contribution in [0.25, 0.3) is 22.0 Å². The number of fused-ring (bicyclic) bond motifs is 1. The van der Waals surface area contributed by atoms with Gasteiger partial charge >= 0.3 is 0 Å². The molecule has 4 aromatic rings. The average Bonchev–Trinajstić information content (AvgIpc) is 3.28. The number of piperidine rings is 1. The van der Waals surface area contributed by atoms with Gasteiger partial charge < -0.3 is 20.5 Å². The number of aromatic amines is 1. The molecule has 2 aromatic heterocycles. The minimum Gasteiger partial charge on any atom is -0.398 e. The Labute approximate surface area is 200 Å². The van der Waals surface area contributed by atoms with Crippen molar-refractivity contribution >= 4 is 22.3 Å². The van der Waals surface area contributed by atoms with Crippen LogP contribution in [-0.2, 0) is 6.54 Å². The van der Waals surface area contributed by atoms with E-state index >= 15 is 0 Å². The molecule has 0 spiro atoms. The molecule has 6 nitrogen and oxygen atoms in total. The molecule has 7 N–H and O–H groups in total. The molecule has 6 heteroatoms. The van der Waals surface area contributed by atoms with E-state index in [0.29, 0.717) is 11.4 Å². The average molecular weight is 456 g/mol. The molecule has 1 saturated heterocycles. The van der Waals surface area contributed by atoms with Crippen LogP contribution in [0.1, 0.15) is 29.7 Å². The summed E-state index contributed by atoms with van der Waals surface area (Å²) in [6.07, 6.45) is 6.23. The second-order valence-electron chi connectivity index (χ2n) is 9.84. The van der Waals surface area contributed by atoms with Gasteiger partial charge in [-0.1, -0.05) is 18.2 Å². The predicted molar refractivity (Wildman–Crippen MR) is 138 cm³/mol. The van der Waals surface area contributed by atoms with E-state index < -0.39 is 0 Å². The molecule has 0 unspecified atom stereocenters. The van der Waals surface area contributed by atoms with Gasteiger partial charge in [0.1, 0.15) is 12.2 Å².